The number of halogens is 8. The molecule has 0 fully saturated rings. The van der Waals surface area contributed by atoms with Gasteiger partial charge in [0, 0.05) is 10.6 Å². The van der Waals surface area contributed by atoms with Crippen molar-refractivity contribution in [2.24, 2.45) is 0 Å². The van der Waals surface area contributed by atoms with Crippen molar-refractivity contribution in [2.45, 2.75) is 25.7 Å². The summed E-state index contributed by atoms with van der Waals surface area (Å²) < 4.78 is 96.8. The molecular weight excluding hydrogens is 435 g/mol. The van der Waals surface area contributed by atoms with Gasteiger partial charge in [-0.3, -0.25) is 0 Å². The summed E-state index contributed by atoms with van der Waals surface area (Å²) in [6.07, 6.45) is -10.8. The van der Waals surface area contributed by atoms with Crippen molar-refractivity contribution in [1.29, 1.82) is 0 Å². The van der Waals surface area contributed by atoms with E-state index in [0.29, 0.717) is 0 Å². The molecule has 0 saturated carbocycles. The zero-order chi connectivity index (χ0) is 22.2. The molecule has 0 amide bonds. The fourth-order valence-electron chi connectivity index (χ4n) is 3.20. The van der Waals surface area contributed by atoms with Crippen molar-refractivity contribution < 1.29 is 30.7 Å². The summed E-state index contributed by atoms with van der Waals surface area (Å²) in [6.45, 7) is 1.02. The van der Waals surface area contributed by atoms with Gasteiger partial charge in [0.05, 0.1) is 0 Å². The lowest BCUT2D eigenvalue weighted by molar-refractivity contribution is -0.141. The number of aromatic nitrogens is 1. The minimum absolute atomic E-state index is 0.0460. The molecule has 1 unspecified atom stereocenters. The van der Waals surface area contributed by atoms with Crippen LogP contribution in [0.5, 0.6) is 0 Å². The second-order valence-electron chi connectivity index (χ2n) is 6.48. The molecule has 1 aromatic heterocycles. The Morgan fingerprint density at radius 1 is 0.900 bits per heavy atom. The number of hydrogen-bond acceptors (Lipinski definition) is 1. The van der Waals surface area contributed by atoms with Gasteiger partial charge >= 0.3 is 6.18 Å². The topological polar surface area (TPSA) is 12.9 Å². The highest BCUT2D eigenvalue weighted by atomic mass is 35.5. The van der Waals surface area contributed by atoms with E-state index in [4.69, 9.17) is 11.6 Å². The molecule has 0 bridgehead atoms. The van der Waals surface area contributed by atoms with Crippen LogP contribution in [0.2, 0.25) is 5.02 Å². The van der Waals surface area contributed by atoms with Crippen molar-refractivity contribution in [3.8, 4) is 11.1 Å². The van der Waals surface area contributed by atoms with Crippen LogP contribution in [0.15, 0.2) is 48.5 Å². The minimum atomic E-state index is -5.05. The van der Waals surface area contributed by atoms with E-state index in [-0.39, 0.29) is 16.1 Å². The van der Waals surface area contributed by atoms with Crippen LogP contribution in [0.1, 0.15) is 40.7 Å². The van der Waals surface area contributed by atoms with Crippen molar-refractivity contribution in [3.05, 3.63) is 87.4 Å². The molecule has 3 rings (SSSR count). The maximum absolute atomic E-state index is 15.5. The Kier molecular flexibility index (Phi) is 6.08. The Morgan fingerprint density at radius 2 is 1.47 bits per heavy atom. The van der Waals surface area contributed by atoms with E-state index in [1.807, 2.05) is 0 Å². The number of alkyl halides is 6. The number of pyridine rings is 1. The number of hydrogen-bond donors (Lipinski definition) is 0. The zero-order valence-corrected chi connectivity index (χ0v) is 16.0. The van der Waals surface area contributed by atoms with E-state index in [9.17, 15) is 26.3 Å². The summed E-state index contributed by atoms with van der Waals surface area (Å²) in [6, 6.07) is 9.23. The van der Waals surface area contributed by atoms with Crippen LogP contribution in [0.25, 0.3) is 11.1 Å². The summed E-state index contributed by atoms with van der Waals surface area (Å²) >= 11 is 5.77. The second kappa shape index (κ2) is 8.26. The molecule has 0 aliphatic rings. The van der Waals surface area contributed by atoms with Crippen molar-refractivity contribution >= 4 is 11.6 Å². The van der Waals surface area contributed by atoms with Gasteiger partial charge in [-0.05, 0) is 53.4 Å². The molecule has 3 aromatic rings. The van der Waals surface area contributed by atoms with Crippen LogP contribution < -0.4 is 0 Å². The minimum Gasteiger partial charge on any atom is -0.242 e. The monoisotopic (exact) mass is 447 g/mol. The summed E-state index contributed by atoms with van der Waals surface area (Å²) in [5.74, 6) is -0.688. The molecule has 1 nitrogen and oxygen atoms in total. The van der Waals surface area contributed by atoms with Crippen molar-refractivity contribution in [1.82, 2.24) is 4.98 Å². The van der Waals surface area contributed by atoms with Crippen LogP contribution in [0.3, 0.4) is 0 Å². The Bertz CT molecular complexity index is 1040. The van der Waals surface area contributed by atoms with Gasteiger partial charge in [-0.15, -0.1) is 0 Å². The van der Waals surface area contributed by atoms with E-state index in [0.717, 1.165) is 31.2 Å². The summed E-state index contributed by atoms with van der Waals surface area (Å²) in [4.78, 5) is 3.10. The predicted molar refractivity (Wildman–Crippen MR) is 98.7 cm³/mol. The van der Waals surface area contributed by atoms with Crippen molar-refractivity contribution in [3.63, 3.8) is 0 Å². The fourth-order valence-corrected chi connectivity index (χ4v) is 3.32. The largest absolute Gasteiger partial charge is 0.433 e. The molecule has 0 radical (unpaired) electrons. The lowest BCUT2D eigenvalue weighted by Gasteiger charge is -2.23. The number of benzene rings is 2. The van der Waals surface area contributed by atoms with Crippen LogP contribution in [-0.2, 0) is 6.18 Å². The molecule has 158 valence electrons. The van der Waals surface area contributed by atoms with Crippen molar-refractivity contribution in [2.75, 3.05) is 0 Å². The highest BCUT2D eigenvalue weighted by molar-refractivity contribution is 6.30. The Hall–Kier alpha value is -2.61. The third kappa shape index (κ3) is 4.28. The quantitative estimate of drug-likeness (QED) is 0.371. The van der Waals surface area contributed by atoms with Gasteiger partial charge in [0.25, 0.3) is 6.43 Å². The zero-order valence-electron chi connectivity index (χ0n) is 15.2. The lowest BCUT2D eigenvalue weighted by Crippen LogP contribution is -2.17. The van der Waals surface area contributed by atoms with Gasteiger partial charge < -0.3 is 0 Å². The van der Waals surface area contributed by atoms with E-state index in [1.54, 1.807) is 0 Å². The molecule has 0 spiro atoms. The molecule has 0 saturated heterocycles. The first-order valence-electron chi connectivity index (χ1n) is 8.56. The first kappa shape index (κ1) is 22.1. The molecule has 0 N–H and O–H groups in total. The van der Waals surface area contributed by atoms with Gasteiger partial charge in [-0.1, -0.05) is 35.9 Å². The van der Waals surface area contributed by atoms with E-state index in [2.05, 4.69) is 4.98 Å². The first-order chi connectivity index (χ1) is 14.0. The standard InChI is InChI=1S/C21H13ClF7N/c1-10-15(11-4-8-14(23)9-5-11)16(17(24)12-2-6-13(22)7-3-12)18(20(25)26)30-19(10)21(27,28)29/h2-9,17,20H,1H3. The molecule has 2 aromatic carbocycles. The molecule has 1 heterocycles. The molecular formula is C21H13ClF7N. The van der Waals surface area contributed by atoms with Gasteiger partial charge in [0.1, 0.15) is 17.2 Å². The highest BCUT2D eigenvalue weighted by Gasteiger charge is 2.39. The Balaban J connectivity index is 2.39. The average Bonchev–Trinajstić information content (AvgIpc) is 2.67. The predicted octanol–water partition coefficient (Wildman–Crippen LogP) is 7.86. The second-order valence-corrected chi connectivity index (χ2v) is 6.92. The molecule has 0 aliphatic heterocycles. The molecule has 30 heavy (non-hydrogen) atoms. The van der Waals surface area contributed by atoms with Gasteiger partial charge in [-0.25, -0.2) is 22.5 Å². The summed E-state index contributed by atoms with van der Waals surface area (Å²) in [5, 5.41) is 0.264. The highest BCUT2D eigenvalue weighted by Crippen LogP contribution is 2.45. The normalized spacial score (nSPS) is 13.0. The van der Waals surface area contributed by atoms with Crippen LogP contribution in [0, 0.1) is 12.7 Å². The molecule has 0 aliphatic carbocycles. The smallest absolute Gasteiger partial charge is 0.242 e. The maximum atomic E-state index is 15.5. The van der Waals surface area contributed by atoms with Gasteiger partial charge in [0.15, 0.2) is 6.17 Å². The van der Waals surface area contributed by atoms with Gasteiger partial charge in [-0.2, -0.15) is 13.2 Å². The van der Waals surface area contributed by atoms with E-state index >= 15 is 4.39 Å². The number of nitrogens with zero attached hydrogens (tertiary/aromatic N) is 1. The van der Waals surface area contributed by atoms with Crippen LogP contribution >= 0.6 is 11.6 Å². The SMILES string of the molecule is Cc1c(C(F)(F)F)nc(C(F)F)c(C(F)c2ccc(Cl)cc2)c1-c1ccc(F)cc1. The van der Waals surface area contributed by atoms with E-state index in [1.165, 1.54) is 24.3 Å². The lowest BCUT2D eigenvalue weighted by atomic mass is 9.88. The molecule has 9 heteroatoms. The molecule has 1 atom stereocenters. The van der Waals surface area contributed by atoms with Crippen LogP contribution in [-0.4, -0.2) is 4.98 Å². The summed E-state index contributed by atoms with van der Waals surface area (Å²) in [7, 11) is 0. The Morgan fingerprint density at radius 3 is 1.97 bits per heavy atom. The average molecular weight is 448 g/mol. The fraction of sp³-hybridized carbons (Fsp3) is 0.190. The third-order valence-electron chi connectivity index (χ3n) is 4.53. The van der Waals surface area contributed by atoms with Gasteiger partial charge in [0.2, 0.25) is 0 Å². The third-order valence-corrected chi connectivity index (χ3v) is 4.78. The van der Waals surface area contributed by atoms with E-state index < -0.39 is 52.7 Å². The Labute approximate surface area is 172 Å². The summed E-state index contributed by atoms with van der Waals surface area (Å²) in [5.41, 5.74) is -4.66. The first-order valence-corrected chi connectivity index (χ1v) is 8.93. The number of rotatable bonds is 4. The maximum Gasteiger partial charge on any atom is 0.433 e. The van der Waals surface area contributed by atoms with Crippen LogP contribution in [0.4, 0.5) is 30.7 Å².